The molecule has 4 heteroatoms. The molecule has 1 amide bonds. The van der Waals surface area contributed by atoms with Gasteiger partial charge in [0, 0.05) is 7.05 Å². The summed E-state index contributed by atoms with van der Waals surface area (Å²) in [7, 11) is 1.74. The molecule has 76 valence electrons. The fourth-order valence-corrected chi connectivity index (χ4v) is 1.72. The topological polar surface area (TPSA) is 56.1 Å². The van der Waals surface area contributed by atoms with Gasteiger partial charge in [0.05, 0.1) is 23.0 Å². The first-order valence-electron chi connectivity index (χ1n) is 4.71. The third-order valence-corrected chi connectivity index (χ3v) is 2.56. The molecule has 0 spiro atoms. The van der Waals surface area contributed by atoms with Crippen LogP contribution in [0.25, 0.3) is 0 Å². The maximum absolute atomic E-state index is 11.6. The van der Waals surface area contributed by atoms with E-state index in [0.717, 1.165) is 11.4 Å². The molecule has 0 aromatic heterocycles. The zero-order chi connectivity index (χ0) is 11.0. The zero-order valence-electron chi connectivity index (χ0n) is 8.61. The van der Waals surface area contributed by atoms with Crippen LogP contribution in [-0.4, -0.2) is 19.0 Å². The molecule has 0 aliphatic carbocycles. The van der Waals surface area contributed by atoms with Crippen LogP contribution < -0.4 is 10.2 Å². The molecule has 1 unspecified atom stereocenters. The molecule has 1 heterocycles. The van der Waals surface area contributed by atoms with Crippen molar-refractivity contribution in [1.82, 2.24) is 0 Å². The van der Waals surface area contributed by atoms with Gasteiger partial charge in [-0.1, -0.05) is 0 Å². The number of rotatable bonds is 0. The monoisotopic (exact) mass is 201 g/mol. The summed E-state index contributed by atoms with van der Waals surface area (Å²) in [5.74, 6) is 0.0345. The first kappa shape index (κ1) is 9.53. The molecule has 0 bridgehead atoms. The maximum Gasteiger partial charge on any atom is 0.248 e. The second kappa shape index (κ2) is 3.28. The highest BCUT2D eigenvalue weighted by atomic mass is 16.2. The third kappa shape index (κ3) is 1.42. The fourth-order valence-electron chi connectivity index (χ4n) is 1.72. The normalized spacial score (nSPS) is 19.1. The van der Waals surface area contributed by atoms with Crippen LogP contribution in [0.1, 0.15) is 12.5 Å². The number of nitrogens with one attached hydrogen (secondary N) is 1. The molecule has 0 fully saturated rings. The molecule has 0 saturated carbocycles. The van der Waals surface area contributed by atoms with Crippen molar-refractivity contribution in [2.24, 2.45) is 0 Å². The molecule has 1 aromatic carbocycles. The summed E-state index contributed by atoms with van der Waals surface area (Å²) in [6, 6.07) is 7.08. The van der Waals surface area contributed by atoms with Crippen molar-refractivity contribution in [3.05, 3.63) is 23.8 Å². The van der Waals surface area contributed by atoms with Crippen LogP contribution in [0.5, 0.6) is 0 Å². The van der Waals surface area contributed by atoms with Crippen LogP contribution >= 0.6 is 0 Å². The van der Waals surface area contributed by atoms with Gasteiger partial charge in [0.1, 0.15) is 6.04 Å². The van der Waals surface area contributed by atoms with Crippen LogP contribution in [0.15, 0.2) is 18.2 Å². The van der Waals surface area contributed by atoms with Crippen molar-refractivity contribution in [1.29, 1.82) is 5.26 Å². The number of nitrogens with zero attached hydrogens (tertiary/aromatic N) is 2. The SMILES string of the molecule is CC1Nc2cc(C#N)ccc2N(C)C1=O. The molecule has 1 atom stereocenters. The molecule has 0 radical (unpaired) electrons. The highest BCUT2D eigenvalue weighted by Crippen LogP contribution is 2.30. The molecule has 2 rings (SSSR count). The average molecular weight is 201 g/mol. The lowest BCUT2D eigenvalue weighted by molar-refractivity contribution is -0.118. The Balaban J connectivity index is 2.51. The van der Waals surface area contributed by atoms with E-state index in [-0.39, 0.29) is 11.9 Å². The van der Waals surface area contributed by atoms with Gasteiger partial charge < -0.3 is 10.2 Å². The quantitative estimate of drug-likeness (QED) is 0.689. The summed E-state index contributed by atoms with van der Waals surface area (Å²) in [6.45, 7) is 1.81. The number of hydrogen-bond donors (Lipinski definition) is 1. The van der Waals surface area contributed by atoms with E-state index in [0.29, 0.717) is 5.56 Å². The highest BCUT2D eigenvalue weighted by Gasteiger charge is 2.26. The standard InChI is InChI=1S/C11H11N3O/c1-7-11(15)14(2)10-4-3-8(6-12)5-9(10)13-7/h3-5,7,13H,1-2H3. The van der Waals surface area contributed by atoms with Gasteiger partial charge in [-0.15, -0.1) is 0 Å². The number of amides is 1. The summed E-state index contributed by atoms with van der Waals surface area (Å²) in [4.78, 5) is 13.2. The summed E-state index contributed by atoms with van der Waals surface area (Å²) >= 11 is 0. The van der Waals surface area contributed by atoms with E-state index >= 15 is 0 Å². The van der Waals surface area contributed by atoms with E-state index in [1.165, 1.54) is 0 Å². The van der Waals surface area contributed by atoms with E-state index in [1.807, 2.05) is 0 Å². The molecular weight excluding hydrogens is 190 g/mol. The first-order chi connectivity index (χ1) is 7.13. The van der Waals surface area contributed by atoms with Gasteiger partial charge in [0.2, 0.25) is 5.91 Å². The van der Waals surface area contributed by atoms with Crippen molar-refractivity contribution in [3.63, 3.8) is 0 Å². The predicted octanol–water partition coefficient (Wildman–Crippen LogP) is 1.34. The van der Waals surface area contributed by atoms with E-state index in [4.69, 9.17) is 5.26 Å². The molecule has 1 N–H and O–H groups in total. The molecule has 1 aliphatic rings. The van der Waals surface area contributed by atoms with Gasteiger partial charge in [0.25, 0.3) is 0 Å². The first-order valence-corrected chi connectivity index (χ1v) is 4.71. The van der Waals surface area contributed by atoms with Crippen LogP contribution in [-0.2, 0) is 4.79 Å². The second-order valence-corrected chi connectivity index (χ2v) is 3.61. The van der Waals surface area contributed by atoms with Crippen molar-refractivity contribution in [2.45, 2.75) is 13.0 Å². The number of nitriles is 1. The van der Waals surface area contributed by atoms with Crippen molar-refractivity contribution in [2.75, 3.05) is 17.3 Å². The number of anilines is 2. The van der Waals surface area contributed by atoms with Crippen LogP contribution in [0.4, 0.5) is 11.4 Å². The highest BCUT2D eigenvalue weighted by molar-refractivity contribution is 6.04. The maximum atomic E-state index is 11.6. The van der Waals surface area contributed by atoms with E-state index in [9.17, 15) is 4.79 Å². The molecule has 15 heavy (non-hydrogen) atoms. The number of fused-ring (bicyclic) bond motifs is 1. The Morgan fingerprint density at radius 2 is 2.27 bits per heavy atom. The molecule has 0 saturated heterocycles. The minimum Gasteiger partial charge on any atom is -0.372 e. The Hall–Kier alpha value is -2.02. The molecule has 1 aromatic rings. The van der Waals surface area contributed by atoms with Crippen molar-refractivity contribution >= 4 is 17.3 Å². The largest absolute Gasteiger partial charge is 0.372 e. The van der Waals surface area contributed by atoms with E-state index < -0.39 is 0 Å². The number of hydrogen-bond acceptors (Lipinski definition) is 3. The van der Waals surface area contributed by atoms with Crippen molar-refractivity contribution in [3.8, 4) is 6.07 Å². The Morgan fingerprint density at radius 1 is 1.53 bits per heavy atom. The lowest BCUT2D eigenvalue weighted by Gasteiger charge is -2.31. The van der Waals surface area contributed by atoms with Gasteiger partial charge in [0.15, 0.2) is 0 Å². The lowest BCUT2D eigenvalue weighted by atomic mass is 10.1. The van der Waals surface area contributed by atoms with Gasteiger partial charge in [-0.3, -0.25) is 4.79 Å². The third-order valence-electron chi connectivity index (χ3n) is 2.56. The van der Waals surface area contributed by atoms with Crippen LogP contribution in [0.3, 0.4) is 0 Å². The summed E-state index contributed by atoms with van der Waals surface area (Å²) in [6.07, 6.45) is 0. The summed E-state index contributed by atoms with van der Waals surface area (Å²) in [5.41, 5.74) is 2.25. The minimum atomic E-state index is -0.239. The summed E-state index contributed by atoms with van der Waals surface area (Å²) < 4.78 is 0. The number of benzene rings is 1. The Bertz CT molecular complexity index is 461. The van der Waals surface area contributed by atoms with Crippen LogP contribution in [0, 0.1) is 11.3 Å². The molecule has 1 aliphatic heterocycles. The Labute approximate surface area is 88.1 Å². The van der Waals surface area contributed by atoms with Crippen molar-refractivity contribution < 1.29 is 4.79 Å². The number of likely N-dealkylation sites (N-methyl/N-ethyl adjacent to an activating group) is 1. The molecule has 4 nitrogen and oxygen atoms in total. The second-order valence-electron chi connectivity index (χ2n) is 3.61. The Morgan fingerprint density at radius 3 is 2.93 bits per heavy atom. The van der Waals surface area contributed by atoms with E-state index in [1.54, 1.807) is 37.1 Å². The van der Waals surface area contributed by atoms with Gasteiger partial charge in [-0.05, 0) is 25.1 Å². The number of carbonyl (C=O) groups excluding carboxylic acids is 1. The molecular formula is C11H11N3O. The van der Waals surface area contributed by atoms with Crippen LogP contribution in [0.2, 0.25) is 0 Å². The Kier molecular flexibility index (Phi) is 2.09. The number of carbonyl (C=O) groups is 1. The fraction of sp³-hybridized carbons (Fsp3) is 0.273. The van der Waals surface area contributed by atoms with Gasteiger partial charge in [-0.25, -0.2) is 0 Å². The minimum absolute atomic E-state index is 0.0345. The lowest BCUT2D eigenvalue weighted by Crippen LogP contribution is -2.43. The summed E-state index contributed by atoms with van der Waals surface area (Å²) in [5, 5.41) is 11.8. The predicted molar refractivity (Wildman–Crippen MR) is 57.7 cm³/mol. The average Bonchev–Trinajstić information content (AvgIpc) is 2.25. The zero-order valence-corrected chi connectivity index (χ0v) is 8.61. The van der Waals surface area contributed by atoms with Gasteiger partial charge >= 0.3 is 0 Å². The van der Waals surface area contributed by atoms with E-state index in [2.05, 4.69) is 11.4 Å². The smallest absolute Gasteiger partial charge is 0.248 e. The van der Waals surface area contributed by atoms with Gasteiger partial charge in [-0.2, -0.15) is 5.26 Å².